The summed E-state index contributed by atoms with van der Waals surface area (Å²) >= 11 is 0. The first kappa shape index (κ1) is 12.4. The van der Waals surface area contributed by atoms with Gasteiger partial charge in [0.05, 0.1) is 6.61 Å². The van der Waals surface area contributed by atoms with Gasteiger partial charge in [-0.2, -0.15) is 0 Å². The Morgan fingerprint density at radius 1 is 1.35 bits per heavy atom. The van der Waals surface area contributed by atoms with Gasteiger partial charge in [0, 0.05) is 25.3 Å². The molecule has 1 fully saturated rings. The predicted octanol–water partition coefficient (Wildman–Crippen LogP) is 2.35. The van der Waals surface area contributed by atoms with Gasteiger partial charge in [0.15, 0.2) is 0 Å². The summed E-state index contributed by atoms with van der Waals surface area (Å²) in [5.74, 6) is 0.963. The van der Waals surface area contributed by atoms with Crippen LogP contribution in [0.1, 0.15) is 25.3 Å². The molecule has 1 N–H and O–H groups in total. The van der Waals surface area contributed by atoms with Crippen molar-refractivity contribution in [3.8, 4) is 5.75 Å². The molecule has 1 aliphatic carbocycles. The molecule has 1 aliphatic rings. The van der Waals surface area contributed by atoms with Gasteiger partial charge in [-0.25, -0.2) is 0 Å². The molecule has 1 unspecified atom stereocenters. The van der Waals surface area contributed by atoms with Crippen molar-refractivity contribution in [1.82, 2.24) is 5.32 Å². The van der Waals surface area contributed by atoms with E-state index < -0.39 is 0 Å². The molecule has 0 spiro atoms. The maximum Gasteiger partial charge on any atom is 0.124 e. The third-order valence-electron chi connectivity index (χ3n) is 2.86. The van der Waals surface area contributed by atoms with Crippen molar-refractivity contribution in [1.29, 1.82) is 0 Å². The summed E-state index contributed by atoms with van der Waals surface area (Å²) in [5.41, 5.74) is 1.22. The maximum atomic E-state index is 5.87. The van der Waals surface area contributed by atoms with E-state index in [-0.39, 0.29) is 6.10 Å². The normalized spacial score (nSPS) is 16.8. The van der Waals surface area contributed by atoms with Crippen molar-refractivity contribution in [2.24, 2.45) is 0 Å². The van der Waals surface area contributed by atoms with E-state index in [0.29, 0.717) is 6.61 Å². The fourth-order valence-corrected chi connectivity index (χ4v) is 1.79. The summed E-state index contributed by atoms with van der Waals surface area (Å²) in [6.45, 7) is 3.53. The van der Waals surface area contributed by atoms with E-state index >= 15 is 0 Å². The standard InChI is InChI=1S/C14H21NO2/c1-11(10-16-2)17-14-6-4-3-5-12(14)9-15-13-7-8-13/h3-6,11,13,15H,7-10H2,1-2H3. The Labute approximate surface area is 103 Å². The zero-order valence-corrected chi connectivity index (χ0v) is 10.6. The molecule has 17 heavy (non-hydrogen) atoms. The summed E-state index contributed by atoms with van der Waals surface area (Å²) in [7, 11) is 1.69. The Morgan fingerprint density at radius 3 is 2.82 bits per heavy atom. The quantitative estimate of drug-likeness (QED) is 0.787. The second-order valence-corrected chi connectivity index (χ2v) is 4.65. The van der Waals surface area contributed by atoms with Crippen LogP contribution >= 0.6 is 0 Å². The van der Waals surface area contributed by atoms with Gasteiger partial charge in [-0.3, -0.25) is 0 Å². The van der Waals surface area contributed by atoms with Gasteiger partial charge in [-0.05, 0) is 25.8 Å². The monoisotopic (exact) mass is 235 g/mol. The largest absolute Gasteiger partial charge is 0.488 e. The van der Waals surface area contributed by atoms with E-state index in [1.807, 2.05) is 19.1 Å². The lowest BCUT2D eigenvalue weighted by Gasteiger charge is -2.17. The summed E-state index contributed by atoms with van der Waals surface area (Å²) in [6.07, 6.45) is 2.70. The summed E-state index contributed by atoms with van der Waals surface area (Å²) < 4.78 is 11.0. The average molecular weight is 235 g/mol. The van der Waals surface area contributed by atoms with E-state index in [2.05, 4.69) is 17.4 Å². The smallest absolute Gasteiger partial charge is 0.124 e. The molecule has 0 radical (unpaired) electrons. The second-order valence-electron chi connectivity index (χ2n) is 4.65. The van der Waals surface area contributed by atoms with Gasteiger partial charge in [0.2, 0.25) is 0 Å². The van der Waals surface area contributed by atoms with Crippen LogP contribution in [0.2, 0.25) is 0 Å². The highest BCUT2D eigenvalue weighted by molar-refractivity contribution is 5.33. The number of hydrogen-bond acceptors (Lipinski definition) is 3. The molecular weight excluding hydrogens is 214 g/mol. The van der Waals surface area contributed by atoms with Crippen molar-refractivity contribution in [2.45, 2.75) is 38.5 Å². The molecule has 0 bridgehead atoms. The first-order valence-electron chi connectivity index (χ1n) is 6.26. The molecule has 0 saturated heterocycles. The molecule has 3 nitrogen and oxygen atoms in total. The zero-order valence-electron chi connectivity index (χ0n) is 10.6. The van der Waals surface area contributed by atoms with Crippen molar-refractivity contribution >= 4 is 0 Å². The highest BCUT2D eigenvalue weighted by atomic mass is 16.5. The molecule has 1 aromatic rings. The molecule has 1 aromatic carbocycles. The van der Waals surface area contributed by atoms with Crippen LogP contribution in [0.15, 0.2) is 24.3 Å². The first-order chi connectivity index (χ1) is 8.29. The Kier molecular flexibility index (Phi) is 4.40. The fraction of sp³-hybridized carbons (Fsp3) is 0.571. The molecule has 1 saturated carbocycles. The highest BCUT2D eigenvalue weighted by Gasteiger charge is 2.20. The molecule has 1 atom stereocenters. The predicted molar refractivity (Wildman–Crippen MR) is 68.3 cm³/mol. The van der Waals surface area contributed by atoms with Gasteiger partial charge in [0.25, 0.3) is 0 Å². The van der Waals surface area contributed by atoms with Crippen LogP contribution in [-0.2, 0) is 11.3 Å². The third kappa shape index (κ3) is 4.02. The molecule has 2 rings (SSSR count). The zero-order chi connectivity index (χ0) is 12.1. The third-order valence-corrected chi connectivity index (χ3v) is 2.86. The van der Waals surface area contributed by atoms with Gasteiger partial charge in [-0.1, -0.05) is 18.2 Å². The number of benzene rings is 1. The van der Waals surface area contributed by atoms with E-state index in [1.165, 1.54) is 18.4 Å². The van der Waals surface area contributed by atoms with Crippen molar-refractivity contribution in [2.75, 3.05) is 13.7 Å². The number of rotatable bonds is 7. The first-order valence-corrected chi connectivity index (χ1v) is 6.26. The number of hydrogen-bond donors (Lipinski definition) is 1. The fourth-order valence-electron chi connectivity index (χ4n) is 1.79. The Hall–Kier alpha value is -1.06. The van der Waals surface area contributed by atoms with Crippen LogP contribution in [0.25, 0.3) is 0 Å². The molecule has 0 amide bonds. The Morgan fingerprint density at radius 2 is 2.12 bits per heavy atom. The summed E-state index contributed by atoms with van der Waals surface area (Å²) in [4.78, 5) is 0. The molecular formula is C14H21NO2. The molecule has 0 aromatic heterocycles. The number of methoxy groups -OCH3 is 1. The van der Waals surface area contributed by atoms with Gasteiger partial charge >= 0.3 is 0 Å². The van der Waals surface area contributed by atoms with E-state index in [4.69, 9.17) is 9.47 Å². The summed E-state index contributed by atoms with van der Waals surface area (Å²) in [6, 6.07) is 8.92. The van der Waals surface area contributed by atoms with Crippen LogP contribution in [0.5, 0.6) is 5.75 Å². The van der Waals surface area contributed by atoms with Crippen LogP contribution in [0, 0.1) is 0 Å². The highest BCUT2D eigenvalue weighted by Crippen LogP contribution is 2.23. The second kappa shape index (κ2) is 6.03. The van der Waals surface area contributed by atoms with Crippen LogP contribution < -0.4 is 10.1 Å². The minimum atomic E-state index is 0.0853. The van der Waals surface area contributed by atoms with Crippen LogP contribution in [0.3, 0.4) is 0 Å². The Balaban J connectivity index is 1.93. The lowest BCUT2D eigenvalue weighted by atomic mass is 10.2. The molecule has 0 aliphatic heterocycles. The number of para-hydroxylation sites is 1. The maximum absolute atomic E-state index is 5.87. The lowest BCUT2D eigenvalue weighted by molar-refractivity contribution is 0.0913. The van der Waals surface area contributed by atoms with Crippen LogP contribution in [-0.4, -0.2) is 25.9 Å². The minimum Gasteiger partial charge on any atom is -0.488 e. The van der Waals surface area contributed by atoms with Gasteiger partial charge in [-0.15, -0.1) is 0 Å². The van der Waals surface area contributed by atoms with Crippen LogP contribution in [0.4, 0.5) is 0 Å². The SMILES string of the molecule is COCC(C)Oc1ccccc1CNC1CC1. The van der Waals surface area contributed by atoms with E-state index in [1.54, 1.807) is 7.11 Å². The average Bonchev–Trinajstić information content (AvgIpc) is 3.12. The Bertz CT molecular complexity index is 350. The van der Waals surface area contributed by atoms with Gasteiger partial charge in [0.1, 0.15) is 11.9 Å². The molecule has 0 heterocycles. The molecule has 94 valence electrons. The minimum absolute atomic E-state index is 0.0853. The lowest BCUT2D eigenvalue weighted by Crippen LogP contribution is -2.20. The summed E-state index contributed by atoms with van der Waals surface area (Å²) in [5, 5.41) is 3.51. The van der Waals surface area contributed by atoms with Crippen molar-refractivity contribution in [3.05, 3.63) is 29.8 Å². The van der Waals surface area contributed by atoms with Crippen molar-refractivity contribution in [3.63, 3.8) is 0 Å². The molecule has 3 heteroatoms. The number of ether oxygens (including phenoxy) is 2. The van der Waals surface area contributed by atoms with E-state index in [0.717, 1.165) is 18.3 Å². The van der Waals surface area contributed by atoms with E-state index in [9.17, 15) is 0 Å². The topological polar surface area (TPSA) is 30.5 Å². The number of nitrogens with one attached hydrogen (secondary N) is 1. The van der Waals surface area contributed by atoms with Crippen molar-refractivity contribution < 1.29 is 9.47 Å². The van der Waals surface area contributed by atoms with Gasteiger partial charge < -0.3 is 14.8 Å².